The summed E-state index contributed by atoms with van der Waals surface area (Å²) < 4.78 is 5.70. The number of allylic oxidation sites excluding steroid dienone is 12. The lowest BCUT2D eigenvalue weighted by Gasteiger charge is -2.62. The lowest BCUT2D eigenvalue weighted by atomic mass is 9.43. The van der Waals surface area contributed by atoms with Crippen LogP contribution in [0.15, 0.2) is 72.9 Å². The van der Waals surface area contributed by atoms with Gasteiger partial charge in [0.25, 0.3) is 0 Å². The molecule has 0 radical (unpaired) electrons. The summed E-state index contributed by atoms with van der Waals surface area (Å²) in [6.45, 7) is 11.6. The van der Waals surface area contributed by atoms with E-state index in [1.807, 2.05) is 0 Å². The van der Waals surface area contributed by atoms with Crippen LogP contribution < -0.4 is 10.6 Å². The van der Waals surface area contributed by atoms with Gasteiger partial charge in [-0.1, -0.05) is 101 Å². The van der Waals surface area contributed by atoms with E-state index in [2.05, 4.69) is 111 Å². The maximum atomic E-state index is 12.2. The van der Waals surface area contributed by atoms with Crippen molar-refractivity contribution in [2.24, 2.45) is 46.3 Å². The lowest BCUT2D eigenvalue weighted by Crippen LogP contribution is -2.58. The number of carbonyl (C=O) groups is 1. The van der Waals surface area contributed by atoms with Crippen molar-refractivity contribution in [1.29, 1.82) is 0 Å². The van der Waals surface area contributed by atoms with Crippen molar-refractivity contribution in [3.05, 3.63) is 72.9 Å². The highest BCUT2D eigenvalue weighted by molar-refractivity contribution is 5.75. The minimum atomic E-state index is -0.552. The Morgan fingerprint density at radius 1 is 0.737 bits per heavy atom. The van der Waals surface area contributed by atoms with Crippen LogP contribution in [0.1, 0.15) is 143 Å². The Labute approximate surface area is 347 Å². The molecule has 0 aliphatic heterocycles. The zero-order valence-corrected chi connectivity index (χ0v) is 36.3. The largest absolute Gasteiger partial charge is 0.393 e. The number of amides is 1. The molecule has 7 nitrogen and oxygen atoms in total. The van der Waals surface area contributed by atoms with Crippen molar-refractivity contribution < 1.29 is 24.9 Å². The van der Waals surface area contributed by atoms with Crippen molar-refractivity contribution >= 4 is 5.91 Å². The van der Waals surface area contributed by atoms with E-state index >= 15 is 0 Å². The maximum Gasteiger partial charge on any atom is 0.220 e. The number of hydrogen-bond donors (Lipinski definition) is 5. The first-order valence-corrected chi connectivity index (χ1v) is 23.1. The van der Waals surface area contributed by atoms with Crippen LogP contribution in [-0.4, -0.2) is 66.0 Å². The zero-order valence-electron chi connectivity index (χ0n) is 36.3. The third kappa shape index (κ3) is 14.7. The van der Waals surface area contributed by atoms with E-state index in [1.165, 1.54) is 25.7 Å². The van der Waals surface area contributed by atoms with Gasteiger partial charge >= 0.3 is 0 Å². The fourth-order valence-electron chi connectivity index (χ4n) is 11.5. The molecular formula is C50H82N2O5. The van der Waals surface area contributed by atoms with Gasteiger partial charge in [-0.05, 0) is 155 Å². The summed E-state index contributed by atoms with van der Waals surface area (Å²) in [5.74, 6) is 3.20. The average molecular weight is 791 g/mol. The van der Waals surface area contributed by atoms with E-state index in [1.54, 1.807) is 0 Å². The molecule has 0 aromatic carbocycles. The quantitative estimate of drug-likeness (QED) is 0.0358. The molecule has 0 aromatic heterocycles. The van der Waals surface area contributed by atoms with Gasteiger partial charge in [-0.25, -0.2) is 0 Å². The highest BCUT2D eigenvalue weighted by Gasteiger charge is 2.62. The molecule has 4 fully saturated rings. The van der Waals surface area contributed by atoms with Crippen molar-refractivity contribution in [1.82, 2.24) is 10.6 Å². The molecule has 4 aliphatic carbocycles. The molecule has 0 aromatic rings. The predicted octanol–water partition coefficient (Wildman–Crippen LogP) is 9.91. The van der Waals surface area contributed by atoms with Gasteiger partial charge in [0.15, 0.2) is 0 Å². The van der Waals surface area contributed by atoms with Gasteiger partial charge in [0.05, 0.1) is 25.4 Å². The molecule has 4 aliphatic rings. The number of hydrogen-bond acceptors (Lipinski definition) is 6. The minimum Gasteiger partial charge on any atom is -0.393 e. The summed E-state index contributed by atoms with van der Waals surface area (Å²) in [4.78, 5) is 12.2. The molecular weight excluding hydrogens is 709 g/mol. The molecule has 11 unspecified atom stereocenters. The van der Waals surface area contributed by atoms with E-state index in [4.69, 9.17) is 4.74 Å². The maximum absolute atomic E-state index is 12.2. The highest BCUT2D eigenvalue weighted by Crippen LogP contribution is 2.68. The zero-order chi connectivity index (χ0) is 40.9. The molecule has 1 amide bonds. The Morgan fingerprint density at radius 3 is 1.96 bits per heavy atom. The number of rotatable bonds is 25. The Morgan fingerprint density at radius 2 is 1.32 bits per heavy atom. The first-order chi connectivity index (χ1) is 27.6. The van der Waals surface area contributed by atoms with Crippen LogP contribution >= 0.6 is 0 Å². The van der Waals surface area contributed by atoms with Gasteiger partial charge < -0.3 is 25.4 Å². The van der Waals surface area contributed by atoms with Crippen LogP contribution in [0.5, 0.6) is 0 Å². The standard InChI is InChI=1S/C50H82N2O5/c1-5-6-7-8-9-10-11-12-13-14-15-16-17-18-19-20-21-22-23-24-46(55)51-33-35-57-36-34-52-47(56)28-25-39(2)42-26-27-43-48-44(30-32-50(42,43)4)49(3)31-29-41(53)37-40(49)38-45(48)54/h6-7,9-10,12-13,15-16,18-19,21-22,39-45,47-48,52-54,56H,5,8,11,14,17,20,23-38H2,1-4H3,(H,51,55). The molecule has 5 N–H and O–H groups in total. The Balaban J connectivity index is 0.975. The molecule has 322 valence electrons. The average Bonchev–Trinajstić information content (AvgIpc) is 3.55. The van der Waals surface area contributed by atoms with E-state index < -0.39 is 6.23 Å². The second kappa shape index (κ2) is 25.4. The van der Waals surface area contributed by atoms with Gasteiger partial charge in [-0.3, -0.25) is 10.1 Å². The summed E-state index contributed by atoms with van der Waals surface area (Å²) in [5.41, 5.74) is 0.521. The molecule has 57 heavy (non-hydrogen) atoms. The fraction of sp³-hybridized carbons (Fsp3) is 0.740. The van der Waals surface area contributed by atoms with Crippen LogP contribution in [0.4, 0.5) is 0 Å². The van der Waals surface area contributed by atoms with Crippen LogP contribution in [0.25, 0.3) is 0 Å². The normalized spacial score (nSPS) is 32.9. The molecule has 0 spiro atoms. The van der Waals surface area contributed by atoms with Gasteiger partial charge in [0, 0.05) is 19.5 Å². The summed E-state index contributed by atoms with van der Waals surface area (Å²) in [6.07, 6.45) is 42.7. The van der Waals surface area contributed by atoms with Crippen LogP contribution in [0.3, 0.4) is 0 Å². The molecule has 11 atom stereocenters. The lowest BCUT2D eigenvalue weighted by molar-refractivity contribution is -0.174. The summed E-state index contributed by atoms with van der Waals surface area (Å²) in [6, 6.07) is 0. The van der Waals surface area contributed by atoms with Crippen molar-refractivity contribution in [2.75, 3.05) is 26.3 Å². The van der Waals surface area contributed by atoms with Gasteiger partial charge in [0.1, 0.15) is 6.23 Å². The van der Waals surface area contributed by atoms with Crippen LogP contribution in [0.2, 0.25) is 0 Å². The van der Waals surface area contributed by atoms with Crippen LogP contribution in [-0.2, 0) is 9.53 Å². The smallest absolute Gasteiger partial charge is 0.220 e. The molecule has 0 saturated heterocycles. The van der Waals surface area contributed by atoms with Gasteiger partial charge in [0.2, 0.25) is 5.91 Å². The minimum absolute atomic E-state index is 0.0408. The van der Waals surface area contributed by atoms with Crippen molar-refractivity contribution in [3.63, 3.8) is 0 Å². The van der Waals surface area contributed by atoms with Crippen molar-refractivity contribution in [3.8, 4) is 0 Å². The Kier molecular flexibility index (Phi) is 21.1. The predicted molar refractivity (Wildman–Crippen MR) is 236 cm³/mol. The summed E-state index contributed by atoms with van der Waals surface area (Å²) in [5, 5.41) is 38.8. The molecule has 0 heterocycles. The molecule has 0 bridgehead atoms. The van der Waals surface area contributed by atoms with Gasteiger partial charge in [-0.15, -0.1) is 0 Å². The fourth-order valence-corrected chi connectivity index (χ4v) is 11.5. The SMILES string of the molecule is CCC=CCC=CCC=CCC=CCC=CCC=CCCC(=O)NCCOCCNC(O)CCC(C)C1CCC2C3C(O)CC4CC(O)CCC4(C)C3CCC12C. The highest BCUT2D eigenvalue weighted by atomic mass is 16.5. The van der Waals surface area contributed by atoms with Crippen LogP contribution in [0, 0.1) is 46.3 Å². The van der Waals surface area contributed by atoms with Crippen molar-refractivity contribution in [2.45, 2.75) is 162 Å². The summed E-state index contributed by atoms with van der Waals surface area (Å²) >= 11 is 0. The second-order valence-corrected chi connectivity index (χ2v) is 18.4. The van der Waals surface area contributed by atoms with E-state index in [0.29, 0.717) is 68.2 Å². The Bertz CT molecular complexity index is 1340. The van der Waals surface area contributed by atoms with Gasteiger partial charge in [-0.2, -0.15) is 0 Å². The molecule has 4 saturated carbocycles. The number of aliphatic hydroxyl groups excluding tert-OH is 3. The topological polar surface area (TPSA) is 111 Å². The number of aliphatic hydroxyl groups is 3. The second-order valence-electron chi connectivity index (χ2n) is 18.4. The van der Waals surface area contributed by atoms with E-state index in [9.17, 15) is 20.1 Å². The monoisotopic (exact) mass is 791 g/mol. The number of fused-ring (bicyclic) bond motifs is 5. The first-order valence-electron chi connectivity index (χ1n) is 23.1. The Hall–Kier alpha value is -2.29. The van der Waals surface area contributed by atoms with E-state index in [-0.39, 0.29) is 28.9 Å². The molecule has 4 rings (SSSR count). The first kappa shape index (κ1) is 47.4. The third-order valence-electron chi connectivity index (χ3n) is 14.6. The third-order valence-corrected chi connectivity index (χ3v) is 14.6. The summed E-state index contributed by atoms with van der Waals surface area (Å²) in [7, 11) is 0. The number of nitrogens with one attached hydrogen (secondary N) is 2. The number of ether oxygens (including phenoxy) is 1. The van der Waals surface area contributed by atoms with E-state index in [0.717, 1.165) is 83.5 Å². The number of carbonyl (C=O) groups excluding carboxylic acids is 1. The molecule has 7 heteroatoms.